The molecule has 0 fully saturated rings. The molecule has 0 bridgehead atoms. The van der Waals surface area contributed by atoms with E-state index in [1.54, 1.807) is 11.4 Å². The minimum Gasteiger partial charge on any atom is -0.280 e. The molecule has 0 spiro atoms. The molecule has 3 heterocycles. The molecule has 0 radical (unpaired) electrons. The van der Waals surface area contributed by atoms with E-state index >= 15 is 0 Å². The van der Waals surface area contributed by atoms with Gasteiger partial charge in [0, 0.05) is 17.3 Å². The Balaban J connectivity index is 1.45. The van der Waals surface area contributed by atoms with Crippen LogP contribution in [-0.2, 0) is 20.0 Å². The quantitative estimate of drug-likeness (QED) is 0.293. The lowest BCUT2D eigenvalue weighted by molar-refractivity contribution is 0.600. The topological polar surface area (TPSA) is 123 Å². The third-order valence-corrected chi connectivity index (χ3v) is 9.25. The molecule has 0 saturated heterocycles. The molecule has 0 aliphatic carbocycles. The van der Waals surface area contributed by atoms with Gasteiger partial charge in [-0.25, -0.2) is 26.5 Å². The normalized spacial score (nSPS) is 11.9. The third-order valence-electron chi connectivity index (χ3n) is 4.82. The Hall–Kier alpha value is -3.52. The average molecular weight is 544 g/mol. The van der Waals surface area contributed by atoms with Crippen molar-refractivity contribution in [1.29, 1.82) is 0 Å². The maximum Gasteiger partial charge on any atom is 0.265 e. The SMILES string of the molecule is O=S(=O)(Nc1nccs1)c1ccc(NS(=O)(=O)c2cn(-c3ccccc3)nc2-c2cccs2)cc1. The van der Waals surface area contributed by atoms with Gasteiger partial charge < -0.3 is 0 Å². The molecule has 0 atom stereocenters. The van der Waals surface area contributed by atoms with Crippen molar-refractivity contribution in [1.82, 2.24) is 14.8 Å². The van der Waals surface area contributed by atoms with Crippen molar-refractivity contribution in [2.24, 2.45) is 0 Å². The summed E-state index contributed by atoms with van der Waals surface area (Å²) in [6, 6.07) is 18.2. The van der Waals surface area contributed by atoms with E-state index in [0.29, 0.717) is 16.3 Å². The first-order valence-corrected chi connectivity index (χ1v) is 14.8. The first kappa shape index (κ1) is 23.2. The zero-order valence-corrected chi connectivity index (χ0v) is 21.0. The van der Waals surface area contributed by atoms with Crippen molar-refractivity contribution in [2.45, 2.75) is 9.79 Å². The number of hydrogen-bond acceptors (Lipinski definition) is 8. The van der Waals surface area contributed by atoms with Crippen LogP contribution in [-0.4, -0.2) is 31.6 Å². The van der Waals surface area contributed by atoms with Gasteiger partial charge in [0.15, 0.2) is 5.13 Å². The number of rotatable bonds is 8. The summed E-state index contributed by atoms with van der Waals surface area (Å²) in [6.45, 7) is 0. The van der Waals surface area contributed by atoms with Gasteiger partial charge in [-0.15, -0.1) is 22.7 Å². The summed E-state index contributed by atoms with van der Waals surface area (Å²) in [4.78, 5) is 4.60. The van der Waals surface area contributed by atoms with Crippen LogP contribution in [0.5, 0.6) is 0 Å². The maximum atomic E-state index is 13.4. The number of thiophene rings is 1. The summed E-state index contributed by atoms with van der Waals surface area (Å²) >= 11 is 2.53. The van der Waals surface area contributed by atoms with Crippen LogP contribution in [0.3, 0.4) is 0 Å². The van der Waals surface area contributed by atoms with Crippen molar-refractivity contribution >= 4 is 53.5 Å². The van der Waals surface area contributed by atoms with Crippen molar-refractivity contribution in [2.75, 3.05) is 9.44 Å². The molecule has 5 aromatic rings. The summed E-state index contributed by atoms with van der Waals surface area (Å²) in [5.74, 6) is 0. The molecular formula is C22H17N5O4S4. The predicted molar refractivity (Wildman–Crippen MR) is 137 cm³/mol. The molecule has 0 aliphatic heterocycles. The molecule has 5 rings (SSSR count). The van der Waals surface area contributed by atoms with E-state index < -0.39 is 20.0 Å². The van der Waals surface area contributed by atoms with Gasteiger partial charge in [-0.05, 0) is 47.8 Å². The highest BCUT2D eigenvalue weighted by Gasteiger charge is 2.25. The van der Waals surface area contributed by atoms with E-state index in [9.17, 15) is 16.8 Å². The molecule has 13 heteroatoms. The third kappa shape index (κ3) is 4.98. The summed E-state index contributed by atoms with van der Waals surface area (Å²) in [5, 5.41) is 8.27. The van der Waals surface area contributed by atoms with Crippen LogP contribution in [0.2, 0.25) is 0 Å². The van der Waals surface area contributed by atoms with Crippen LogP contribution in [0.1, 0.15) is 0 Å². The van der Waals surface area contributed by atoms with Gasteiger partial charge in [0.2, 0.25) is 0 Å². The van der Waals surface area contributed by atoms with Gasteiger partial charge in [-0.1, -0.05) is 24.3 Å². The maximum absolute atomic E-state index is 13.4. The van der Waals surface area contributed by atoms with Gasteiger partial charge in [0.05, 0.1) is 21.7 Å². The van der Waals surface area contributed by atoms with E-state index in [0.717, 1.165) is 11.3 Å². The molecule has 0 aliphatic rings. The Morgan fingerprint density at radius 3 is 2.20 bits per heavy atom. The summed E-state index contributed by atoms with van der Waals surface area (Å²) in [5.41, 5.74) is 1.25. The van der Waals surface area contributed by atoms with Gasteiger partial charge >= 0.3 is 0 Å². The molecule has 0 unspecified atom stereocenters. The van der Waals surface area contributed by atoms with Crippen LogP contribution < -0.4 is 9.44 Å². The lowest BCUT2D eigenvalue weighted by Gasteiger charge is -2.09. The lowest BCUT2D eigenvalue weighted by atomic mass is 10.3. The second kappa shape index (κ2) is 9.26. The smallest absolute Gasteiger partial charge is 0.265 e. The summed E-state index contributed by atoms with van der Waals surface area (Å²) in [6.07, 6.45) is 2.95. The molecule has 9 nitrogen and oxygen atoms in total. The van der Waals surface area contributed by atoms with Crippen molar-refractivity contribution < 1.29 is 16.8 Å². The zero-order valence-electron chi connectivity index (χ0n) is 17.8. The summed E-state index contributed by atoms with van der Waals surface area (Å²) in [7, 11) is -7.90. The highest BCUT2D eigenvalue weighted by atomic mass is 32.2. The Morgan fingerprint density at radius 1 is 0.771 bits per heavy atom. The Bertz CT molecular complexity index is 1650. The summed E-state index contributed by atoms with van der Waals surface area (Å²) < 4.78 is 58.2. The van der Waals surface area contributed by atoms with Crippen molar-refractivity contribution in [3.8, 4) is 16.3 Å². The van der Waals surface area contributed by atoms with Crippen molar-refractivity contribution in [3.05, 3.63) is 89.9 Å². The van der Waals surface area contributed by atoms with Crippen LogP contribution in [0.15, 0.2) is 99.7 Å². The van der Waals surface area contributed by atoms with Crippen LogP contribution in [0, 0.1) is 0 Å². The van der Waals surface area contributed by atoms with Crippen LogP contribution in [0.4, 0.5) is 10.8 Å². The molecule has 2 N–H and O–H groups in total. The minimum absolute atomic E-state index is 0.00550. The largest absolute Gasteiger partial charge is 0.280 e. The second-order valence-electron chi connectivity index (χ2n) is 7.17. The first-order valence-electron chi connectivity index (χ1n) is 10.1. The Labute approximate surface area is 209 Å². The highest BCUT2D eigenvalue weighted by molar-refractivity contribution is 7.93. The molecule has 3 aromatic heterocycles. The molecular weight excluding hydrogens is 527 g/mol. The number of sulfonamides is 2. The minimum atomic E-state index is -4.05. The Kier molecular flexibility index (Phi) is 6.15. The van der Waals surface area contributed by atoms with E-state index in [1.165, 1.54) is 52.7 Å². The number of para-hydroxylation sites is 1. The first-order chi connectivity index (χ1) is 16.8. The van der Waals surface area contributed by atoms with E-state index in [2.05, 4.69) is 19.5 Å². The number of benzene rings is 2. The fourth-order valence-corrected chi connectivity index (χ4v) is 6.99. The van der Waals surface area contributed by atoms with Gasteiger partial charge in [0.1, 0.15) is 10.6 Å². The van der Waals surface area contributed by atoms with Gasteiger partial charge in [-0.2, -0.15) is 5.10 Å². The predicted octanol–water partition coefficient (Wildman–Crippen LogP) is 4.66. The number of hydrogen-bond donors (Lipinski definition) is 2. The number of anilines is 2. The Morgan fingerprint density at radius 2 is 1.54 bits per heavy atom. The number of aromatic nitrogens is 3. The van der Waals surface area contributed by atoms with E-state index in [4.69, 9.17) is 0 Å². The van der Waals surface area contributed by atoms with E-state index in [-0.39, 0.29) is 20.6 Å². The average Bonchev–Trinajstić information content (AvgIpc) is 3.61. The molecule has 35 heavy (non-hydrogen) atoms. The van der Waals surface area contributed by atoms with Gasteiger partial charge in [-0.3, -0.25) is 9.44 Å². The molecule has 178 valence electrons. The highest BCUT2D eigenvalue weighted by Crippen LogP contribution is 2.32. The van der Waals surface area contributed by atoms with Crippen molar-refractivity contribution in [3.63, 3.8) is 0 Å². The fourth-order valence-electron chi connectivity index (χ4n) is 3.21. The van der Waals surface area contributed by atoms with E-state index in [1.807, 2.05) is 41.8 Å². The fraction of sp³-hybridized carbons (Fsp3) is 0. The van der Waals surface area contributed by atoms with Crippen LogP contribution >= 0.6 is 22.7 Å². The standard InChI is InChI=1S/C22H17N5O4S4/c28-34(29,26-22-23-12-14-33-22)18-10-8-16(9-11-18)25-35(30,31)20-15-27(17-5-2-1-3-6-17)24-21(20)19-7-4-13-32-19/h1-15,25H,(H,23,26). The number of nitrogens with zero attached hydrogens (tertiary/aromatic N) is 3. The molecule has 2 aromatic carbocycles. The number of nitrogens with one attached hydrogen (secondary N) is 2. The second-order valence-corrected chi connectivity index (χ2v) is 12.3. The van der Waals surface area contributed by atoms with Gasteiger partial charge in [0.25, 0.3) is 20.0 Å². The lowest BCUT2D eigenvalue weighted by Crippen LogP contribution is -2.14. The number of thiazole rings is 1. The molecule has 0 saturated carbocycles. The monoisotopic (exact) mass is 543 g/mol. The zero-order chi connectivity index (χ0) is 24.5. The van der Waals surface area contributed by atoms with Crippen LogP contribution in [0.25, 0.3) is 16.3 Å². The molecule has 0 amide bonds.